The van der Waals surface area contributed by atoms with Crippen molar-refractivity contribution >= 4 is 12.2 Å². The lowest BCUT2D eigenvalue weighted by Crippen LogP contribution is -2.37. The first-order valence-electron chi connectivity index (χ1n) is 13.8. The van der Waals surface area contributed by atoms with Gasteiger partial charge in [0.1, 0.15) is 12.0 Å². The number of nitrogens with one attached hydrogen (secondary N) is 1. The molecule has 0 saturated heterocycles. The number of rotatable bonds is 11. The minimum Gasteiger partial charge on any atom is -0.494 e. The topological polar surface area (TPSA) is 81.2 Å². The van der Waals surface area contributed by atoms with E-state index >= 15 is 0 Å². The van der Waals surface area contributed by atoms with E-state index in [1.165, 1.54) is 0 Å². The fourth-order valence-corrected chi connectivity index (χ4v) is 4.25. The summed E-state index contributed by atoms with van der Waals surface area (Å²) >= 11 is 0. The van der Waals surface area contributed by atoms with Crippen LogP contribution in [0.25, 0.3) is 22.5 Å². The molecule has 1 amide bonds. The van der Waals surface area contributed by atoms with Crippen molar-refractivity contribution in [3.8, 4) is 28.3 Å². The van der Waals surface area contributed by atoms with Gasteiger partial charge in [-0.2, -0.15) is 0 Å². The Hall–Kier alpha value is -4.32. The molecule has 0 saturated carbocycles. The van der Waals surface area contributed by atoms with Crippen LogP contribution in [0.2, 0.25) is 0 Å². The van der Waals surface area contributed by atoms with E-state index < -0.39 is 6.04 Å². The summed E-state index contributed by atoms with van der Waals surface area (Å²) in [5.74, 6) is 1.22. The van der Waals surface area contributed by atoms with E-state index in [9.17, 15) is 9.59 Å². The minimum absolute atomic E-state index is 0.00904. The molecule has 0 bridgehead atoms. The second kappa shape index (κ2) is 13.2. The van der Waals surface area contributed by atoms with E-state index in [1.54, 1.807) is 12.1 Å². The van der Waals surface area contributed by atoms with Crippen LogP contribution < -0.4 is 10.1 Å². The summed E-state index contributed by atoms with van der Waals surface area (Å²) in [6.07, 6.45) is 6.95. The van der Waals surface area contributed by atoms with Gasteiger partial charge in [-0.1, -0.05) is 82.6 Å². The van der Waals surface area contributed by atoms with Crippen molar-refractivity contribution < 1.29 is 14.3 Å². The molecule has 1 N–H and O–H groups in total. The fourth-order valence-electron chi connectivity index (χ4n) is 4.25. The molecular weight excluding hydrogens is 498 g/mol. The molecule has 4 rings (SSSR count). The zero-order chi connectivity index (χ0) is 28.5. The lowest BCUT2D eigenvalue weighted by molar-refractivity contribution is -0.109. The van der Waals surface area contributed by atoms with Crippen LogP contribution in [0.4, 0.5) is 0 Å². The highest BCUT2D eigenvalue weighted by Gasteiger charge is 2.17. The average Bonchev–Trinajstić information content (AvgIpc) is 2.97. The third-order valence-electron chi connectivity index (χ3n) is 6.77. The minimum atomic E-state index is -0.625. The maximum Gasteiger partial charge on any atom is 0.251 e. The van der Waals surface area contributed by atoms with Gasteiger partial charge in [0.15, 0.2) is 5.82 Å². The van der Waals surface area contributed by atoms with Gasteiger partial charge in [-0.05, 0) is 59.2 Å². The van der Waals surface area contributed by atoms with Crippen LogP contribution in [-0.2, 0) is 16.6 Å². The Morgan fingerprint density at radius 3 is 2.08 bits per heavy atom. The first kappa shape index (κ1) is 28.7. The molecule has 1 aromatic heterocycles. The molecule has 6 heteroatoms. The van der Waals surface area contributed by atoms with E-state index in [0.717, 1.165) is 59.3 Å². The molecule has 1 heterocycles. The molecule has 40 heavy (non-hydrogen) atoms. The average molecular weight is 536 g/mol. The van der Waals surface area contributed by atoms with Crippen LogP contribution in [-0.4, -0.2) is 34.8 Å². The summed E-state index contributed by atoms with van der Waals surface area (Å²) in [7, 11) is 0. The number of carbonyl (C=O) groups is 2. The Bertz CT molecular complexity index is 1390. The van der Waals surface area contributed by atoms with E-state index in [-0.39, 0.29) is 11.3 Å². The van der Waals surface area contributed by atoms with Gasteiger partial charge in [0, 0.05) is 29.1 Å². The number of ether oxygens (including phenoxy) is 1. The quantitative estimate of drug-likeness (QED) is 0.168. The van der Waals surface area contributed by atoms with Crippen molar-refractivity contribution in [3.05, 3.63) is 102 Å². The summed E-state index contributed by atoms with van der Waals surface area (Å²) < 4.78 is 5.74. The van der Waals surface area contributed by atoms with Crippen LogP contribution in [0, 0.1) is 0 Å². The maximum atomic E-state index is 12.7. The highest BCUT2D eigenvalue weighted by molar-refractivity contribution is 5.95. The molecule has 1 atom stereocenters. The lowest BCUT2D eigenvalue weighted by Gasteiger charge is -2.19. The normalized spacial score (nSPS) is 12.0. The summed E-state index contributed by atoms with van der Waals surface area (Å²) in [6.45, 7) is 9.25. The Labute approximate surface area is 236 Å². The second-order valence-corrected chi connectivity index (χ2v) is 11.0. The Morgan fingerprint density at radius 2 is 1.50 bits per heavy atom. The number of nitrogens with zero attached hydrogens (tertiary/aromatic N) is 2. The standard InChI is InChI=1S/C34H37N3O3/c1-5-6-19-40-31-17-13-25(14-18-31)28-21-35-32(36-22-28)26-9-7-24(8-10-26)20-30(23-38)37-33(39)27-11-15-29(16-12-27)34(2,3)4/h7-18,21-23,30H,5-6,19-20H2,1-4H3,(H,37,39). The molecular formula is C34H37N3O3. The molecule has 0 fully saturated rings. The van der Waals surface area contributed by atoms with Gasteiger partial charge in [-0.25, -0.2) is 9.97 Å². The Morgan fingerprint density at radius 1 is 0.875 bits per heavy atom. The van der Waals surface area contributed by atoms with Gasteiger partial charge in [0.25, 0.3) is 5.91 Å². The number of hydrogen-bond acceptors (Lipinski definition) is 5. The van der Waals surface area contributed by atoms with Crippen molar-refractivity contribution in [2.75, 3.05) is 6.61 Å². The van der Waals surface area contributed by atoms with Crippen LogP contribution in [0.5, 0.6) is 5.75 Å². The van der Waals surface area contributed by atoms with Gasteiger partial charge in [0.2, 0.25) is 0 Å². The molecule has 0 aliphatic rings. The largest absolute Gasteiger partial charge is 0.494 e. The molecule has 0 aliphatic heterocycles. The third-order valence-corrected chi connectivity index (χ3v) is 6.77. The van der Waals surface area contributed by atoms with Crippen molar-refractivity contribution in [2.45, 2.75) is 58.4 Å². The van der Waals surface area contributed by atoms with E-state index in [4.69, 9.17) is 4.74 Å². The highest BCUT2D eigenvalue weighted by Crippen LogP contribution is 2.24. The van der Waals surface area contributed by atoms with Crippen LogP contribution >= 0.6 is 0 Å². The van der Waals surface area contributed by atoms with Gasteiger partial charge in [0.05, 0.1) is 12.6 Å². The SMILES string of the molecule is CCCCOc1ccc(-c2cnc(-c3ccc(CC(C=O)NC(=O)c4ccc(C(C)(C)C)cc4)cc3)nc2)cc1. The first-order chi connectivity index (χ1) is 19.3. The predicted octanol–water partition coefficient (Wildman–Crippen LogP) is 6.83. The number of aldehydes is 1. The van der Waals surface area contributed by atoms with Crippen molar-refractivity contribution in [3.63, 3.8) is 0 Å². The number of benzene rings is 3. The van der Waals surface area contributed by atoms with Crippen LogP contribution in [0.15, 0.2) is 85.2 Å². The van der Waals surface area contributed by atoms with Crippen molar-refractivity contribution in [1.82, 2.24) is 15.3 Å². The number of hydrogen-bond donors (Lipinski definition) is 1. The summed E-state index contributed by atoms with van der Waals surface area (Å²) in [4.78, 5) is 33.6. The molecule has 3 aromatic carbocycles. The number of unbranched alkanes of at least 4 members (excludes halogenated alkanes) is 1. The number of amides is 1. The molecule has 0 aliphatic carbocycles. The number of aromatic nitrogens is 2. The highest BCUT2D eigenvalue weighted by atomic mass is 16.5. The van der Waals surface area contributed by atoms with Crippen LogP contribution in [0.1, 0.15) is 62.0 Å². The monoisotopic (exact) mass is 535 g/mol. The molecule has 1 unspecified atom stereocenters. The third kappa shape index (κ3) is 7.63. The lowest BCUT2D eigenvalue weighted by atomic mass is 9.86. The Kier molecular flexibility index (Phi) is 9.43. The molecule has 4 aromatic rings. The second-order valence-electron chi connectivity index (χ2n) is 11.0. The zero-order valence-corrected chi connectivity index (χ0v) is 23.7. The number of carbonyl (C=O) groups excluding carboxylic acids is 2. The summed E-state index contributed by atoms with van der Waals surface area (Å²) in [6, 6.07) is 22.6. The van der Waals surface area contributed by atoms with Crippen molar-refractivity contribution in [1.29, 1.82) is 0 Å². The zero-order valence-electron chi connectivity index (χ0n) is 23.7. The molecule has 0 spiro atoms. The Balaban J connectivity index is 1.35. The smallest absolute Gasteiger partial charge is 0.251 e. The van der Waals surface area contributed by atoms with E-state index in [0.29, 0.717) is 17.8 Å². The molecule has 0 radical (unpaired) electrons. The van der Waals surface area contributed by atoms with Crippen molar-refractivity contribution in [2.24, 2.45) is 0 Å². The van der Waals surface area contributed by atoms with Gasteiger partial charge >= 0.3 is 0 Å². The first-order valence-corrected chi connectivity index (χ1v) is 13.8. The van der Waals surface area contributed by atoms with E-state index in [2.05, 4.69) is 43.0 Å². The van der Waals surface area contributed by atoms with Crippen LogP contribution in [0.3, 0.4) is 0 Å². The fraction of sp³-hybridized carbons (Fsp3) is 0.294. The maximum absolute atomic E-state index is 12.7. The summed E-state index contributed by atoms with van der Waals surface area (Å²) in [5, 5.41) is 2.83. The van der Waals surface area contributed by atoms with Gasteiger partial charge < -0.3 is 14.8 Å². The van der Waals surface area contributed by atoms with Gasteiger partial charge in [-0.3, -0.25) is 4.79 Å². The summed E-state index contributed by atoms with van der Waals surface area (Å²) in [5.41, 5.74) is 5.45. The molecule has 6 nitrogen and oxygen atoms in total. The van der Waals surface area contributed by atoms with Gasteiger partial charge in [-0.15, -0.1) is 0 Å². The predicted molar refractivity (Wildman–Crippen MR) is 159 cm³/mol. The van der Waals surface area contributed by atoms with E-state index in [1.807, 2.05) is 73.1 Å². The molecule has 206 valence electrons.